The molecule has 0 aliphatic heterocycles. The quantitative estimate of drug-likeness (QED) is 0.534. The van der Waals surface area contributed by atoms with Crippen LogP contribution in [0.4, 0.5) is 4.79 Å². The number of hydrogen-bond donors (Lipinski definition) is 3. The maximum atomic E-state index is 13.0. The van der Waals surface area contributed by atoms with Crippen molar-refractivity contribution in [3.05, 3.63) is 66.0 Å². The highest BCUT2D eigenvalue weighted by Gasteiger charge is 2.27. The van der Waals surface area contributed by atoms with Gasteiger partial charge < -0.3 is 15.7 Å². The van der Waals surface area contributed by atoms with Crippen molar-refractivity contribution < 1.29 is 19.5 Å². The van der Waals surface area contributed by atoms with Gasteiger partial charge in [0.15, 0.2) is 5.78 Å². The number of pyridine rings is 1. The summed E-state index contributed by atoms with van der Waals surface area (Å²) in [6, 6.07) is 11.3. The molecule has 2 rings (SSSR count). The molecule has 0 saturated carbocycles. The monoisotopic (exact) mass is 397 g/mol. The fourth-order valence-electron chi connectivity index (χ4n) is 3.06. The molecule has 7 nitrogen and oxygen atoms in total. The largest absolute Gasteiger partial charge is 0.465 e. The van der Waals surface area contributed by atoms with E-state index in [9.17, 15) is 14.4 Å². The summed E-state index contributed by atoms with van der Waals surface area (Å²) in [6.07, 6.45) is 3.09. The molecule has 0 aliphatic carbocycles. The summed E-state index contributed by atoms with van der Waals surface area (Å²) in [5.41, 5.74) is 1.45. The van der Waals surface area contributed by atoms with Gasteiger partial charge in [-0.1, -0.05) is 44.2 Å². The summed E-state index contributed by atoms with van der Waals surface area (Å²) in [4.78, 5) is 40.8. The van der Waals surface area contributed by atoms with Gasteiger partial charge in [0.1, 0.15) is 6.04 Å². The van der Waals surface area contributed by atoms with Crippen LogP contribution in [0.2, 0.25) is 0 Å². The van der Waals surface area contributed by atoms with E-state index < -0.39 is 24.1 Å². The number of carbonyl (C=O) groups is 3. The summed E-state index contributed by atoms with van der Waals surface area (Å²) in [7, 11) is 0. The van der Waals surface area contributed by atoms with E-state index in [1.807, 2.05) is 44.2 Å². The van der Waals surface area contributed by atoms with Gasteiger partial charge in [0, 0.05) is 18.0 Å². The zero-order chi connectivity index (χ0) is 21.2. The topological polar surface area (TPSA) is 108 Å². The highest BCUT2D eigenvalue weighted by Crippen LogP contribution is 2.12. The third-order valence-electron chi connectivity index (χ3n) is 4.46. The Bertz CT molecular complexity index is 809. The number of amides is 2. The maximum Gasteiger partial charge on any atom is 0.405 e. The molecular formula is C22H27N3O4. The maximum absolute atomic E-state index is 13.0. The predicted molar refractivity (Wildman–Crippen MR) is 110 cm³/mol. The first-order valence-corrected chi connectivity index (χ1v) is 9.64. The van der Waals surface area contributed by atoms with Crippen molar-refractivity contribution in [2.45, 2.75) is 45.2 Å². The molecule has 3 N–H and O–H groups in total. The molecule has 1 aromatic carbocycles. The lowest BCUT2D eigenvalue weighted by Crippen LogP contribution is -2.52. The third kappa shape index (κ3) is 7.37. The van der Waals surface area contributed by atoms with Gasteiger partial charge in [0.25, 0.3) is 0 Å². The molecular weight excluding hydrogens is 370 g/mol. The van der Waals surface area contributed by atoms with E-state index in [0.717, 1.165) is 5.56 Å². The molecule has 29 heavy (non-hydrogen) atoms. The Morgan fingerprint density at radius 3 is 2.31 bits per heavy atom. The van der Waals surface area contributed by atoms with E-state index in [-0.39, 0.29) is 11.7 Å². The number of aryl methyl sites for hydroxylation is 1. The van der Waals surface area contributed by atoms with E-state index in [1.54, 1.807) is 18.3 Å². The van der Waals surface area contributed by atoms with Crippen molar-refractivity contribution >= 4 is 17.8 Å². The van der Waals surface area contributed by atoms with Crippen LogP contribution in [0.25, 0.3) is 0 Å². The van der Waals surface area contributed by atoms with Gasteiger partial charge >= 0.3 is 6.09 Å². The second-order valence-electron chi connectivity index (χ2n) is 7.32. The van der Waals surface area contributed by atoms with Crippen LogP contribution in [0.3, 0.4) is 0 Å². The Kier molecular flexibility index (Phi) is 8.33. The molecule has 0 spiro atoms. The van der Waals surface area contributed by atoms with E-state index in [0.29, 0.717) is 24.8 Å². The normalized spacial score (nSPS) is 12.8. The average molecular weight is 397 g/mol. The van der Waals surface area contributed by atoms with Gasteiger partial charge in [-0.3, -0.25) is 14.6 Å². The third-order valence-corrected chi connectivity index (χ3v) is 4.46. The molecule has 0 aliphatic rings. The van der Waals surface area contributed by atoms with Gasteiger partial charge in [-0.15, -0.1) is 0 Å². The molecule has 0 radical (unpaired) electrons. The van der Waals surface area contributed by atoms with Gasteiger partial charge in [0.05, 0.1) is 6.04 Å². The van der Waals surface area contributed by atoms with Crippen molar-refractivity contribution in [2.24, 2.45) is 5.92 Å². The lowest BCUT2D eigenvalue weighted by Gasteiger charge is -2.23. The molecule has 1 heterocycles. The Hall–Kier alpha value is -3.22. The molecule has 1 aromatic heterocycles. The smallest absolute Gasteiger partial charge is 0.405 e. The predicted octanol–water partition coefficient (Wildman–Crippen LogP) is 3.06. The minimum Gasteiger partial charge on any atom is -0.465 e. The standard InChI is InChI=1S/C22H27N3O4/c1-15(2)13-19(25-22(28)29)21(27)24-18(11-10-16-7-4-3-5-8-16)20(26)17-9-6-12-23-14-17/h3-9,12,14-15,18-19,25H,10-11,13H2,1-2H3,(H,24,27)(H,28,29). The fourth-order valence-corrected chi connectivity index (χ4v) is 3.06. The second kappa shape index (κ2) is 10.9. The summed E-state index contributed by atoms with van der Waals surface area (Å²) < 4.78 is 0. The lowest BCUT2D eigenvalue weighted by molar-refractivity contribution is -0.123. The number of aromatic nitrogens is 1. The van der Waals surface area contributed by atoms with Crippen LogP contribution in [0, 0.1) is 5.92 Å². The zero-order valence-electron chi connectivity index (χ0n) is 16.7. The number of rotatable bonds is 10. The molecule has 2 aromatic rings. The second-order valence-corrected chi connectivity index (χ2v) is 7.32. The van der Waals surface area contributed by atoms with E-state index in [4.69, 9.17) is 5.11 Å². The number of carboxylic acid groups (broad SMARTS) is 1. The van der Waals surface area contributed by atoms with Crippen molar-refractivity contribution in [1.82, 2.24) is 15.6 Å². The first-order chi connectivity index (χ1) is 13.9. The number of carbonyl (C=O) groups excluding carboxylic acids is 2. The Morgan fingerprint density at radius 2 is 1.72 bits per heavy atom. The Balaban J connectivity index is 2.17. The van der Waals surface area contributed by atoms with Crippen LogP contribution < -0.4 is 10.6 Å². The van der Waals surface area contributed by atoms with Crippen LogP contribution in [0.1, 0.15) is 42.6 Å². The Morgan fingerprint density at radius 1 is 1.00 bits per heavy atom. The number of nitrogens with one attached hydrogen (secondary N) is 2. The number of Topliss-reactive ketones (excluding diaryl/α,β-unsaturated/α-hetero) is 1. The molecule has 7 heteroatoms. The highest BCUT2D eigenvalue weighted by molar-refractivity contribution is 6.02. The number of ketones is 1. The zero-order valence-corrected chi connectivity index (χ0v) is 16.7. The van der Waals surface area contributed by atoms with Crippen molar-refractivity contribution in [3.8, 4) is 0 Å². The van der Waals surface area contributed by atoms with Crippen LogP contribution in [0.15, 0.2) is 54.9 Å². The van der Waals surface area contributed by atoms with Crippen molar-refractivity contribution in [1.29, 1.82) is 0 Å². The van der Waals surface area contributed by atoms with Gasteiger partial charge in [-0.2, -0.15) is 0 Å². The first-order valence-electron chi connectivity index (χ1n) is 9.64. The minimum absolute atomic E-state index is 0.106. The molecule has 2 amide bonds. The number of hydrogen-bond acceptors (Lipinski definition) is 4. The summed E-state index contributed by atoms with van der Waals surface area (Å²) in [5.74, 6) is -0.646. The lowest BCUT2D eigenvalue weighted by atomic mass is 9.97. The van der Waals surface area contributed by atoms with Crippen LogP contribution in [0.5, 0.6) is 0 Å². The summed E-state index contributed by atoms with van der Waals surface area (Å²) >= 11 is 0. The highest BCUT2D eigenvalue weighted by atomic mass is 16.4. The summed E-state index contributed by atoms with van der Waals surface area (Å²) in [5, 5.41) is 14.1. The van der Waals surface area contributed by atoms with E-state index in [1.165, 1.54) is 6.20 Å². The van der Waals surface area contributed by atoms with Gasteiger partial charge in [-0.05, 0) is 42.9 Å². The van der Waals surface area contributed by atoms with Crippen molar-refractivity contribution in [2.75, 3.05) is 0 Å². The summed E-state index contributed by atoms with van der Waals surface area (Å²) in [6.45, 7) is 3.80. The Labute approximate surface area is 170 Å². The molecule has 0 bridgehead atoms. The minimum atomic E-state index is -1.27. The van der Waals surface area contributed by atoms with Crippen LogP contribution >= 0.6 is 0 Å². The molecule has 2 unspecified atom stereocenters. The van der Waals surface area contributed by atoms with Crippen LogP contribution in [-0.4, -0.2) is 40.0 Å². The van der Waals surface area contributed by atoms with E-state index >= 15 is 0 Å². The first kappa shape index (κ1) is 22.1. The van der Waals surface area contributed by atoms with Crippen molar-refractivity contribution in [3.63, 3.8) is 0 Å². The van der Waals surface area contributed by atoms with Gasteiger partial charge in [-0.25, -0.2) is 4.79 Å². The molecule has 2 atom stereocenters. The molecule has 154 valence electrons. The number of benzene rings is 1. The van der Waals surface area contributed by atoms with E-state index in [2.05, 4.69) is 15.6 Å². The number of nitrogens with zero attached hydrogens (tertiary/aromatic N) is 1. The SMILES string of the molecule is CC(C)CC(NC(=O)O)C(=O)NC(CCc1ccccc1)C(=O)c1cccnc1. The van der Waals surface area contributed by atoms with Gasteiger partial charge in [0.2, 0.25) is 5.91 Å². The van der Waals surface area contributed by atoms with Crippen LogP contribution in [-0.2, 0) is 11.2 Å². The fraction of sp³-hybridized carbons (Fsp3) is 0.364. The molecule has 0 saturated heterocycles. The molecule has 0 fully saturated rings. The average Bonchev–Trinajstić information content (AvgIpc) is 2.70.